The summed E-state index contributed by atoms with van der Waals surface area (Å²) in [6.45, 7) is 0.304. The molecule has 6 nitrogen and oxygen atoms in total. The number of hydrogen-bond donors (Lipinski definition) is 3. The van der Waals surface area contributed by atoms with E-state index in [0.717, 1.165) is 11.3 Å². The molecule has 0 unspecified atom stereocenters. The minimum absolute atomic E-state index is 0.0635. The van der Waals surface area contributed by atoms with Gasteiger partial charge < -0.3 is 25.7 Å². The second kappa shape index (κ2) is 7.70. The smallest absolute Gasteiger partial charge is 0.222 e. The zero-order chi connectivity index (χ0) is 20.7. The first-order valence-corrected chi connectivity index (χ1v) is 9.84. The van der Waals surface area contributed by atoms with E-state index < -0.39 is 36.1 Å². The van der Waals surface area contributed by atoms with Gasteiger partial charge in [-0.15, -0.1) is 0 Å². The maximum Gasteiger partial charge on any atom is 0.222 e. The van der Waals surface area contributed by atoms with Crippen molar-refractivity contribution in [2.75, 3.05) is 4.90 Å². The maximum absolute atomic E-state index is 13.3. The molecule has 152 valence electrons. The zero-order valence-corrected chi connectivity index (χ0v) is 16.4. The van der Waals surface area contributed by atoms with Crippen LogP contribution in [0.4, 0.5) is 10.1 Å². The number of nitrogens with two attached hydrogens (primary N) is 1. The predicted molar refractivity (Wildman–Crippen MR) is 110 cm³/mol. The molecule has 1 heterocycles. The number of nitrogens with zero attached hydrogens (tertiary/aromatic N) is 2. The number of anilines is 1. The number of rotatable bonds is 4. The number of thiocarbonyl (C=S) groups is 1. The highest BCUT2D eigenvalue weighted by Gasteiger charge is 2.56. The van der Waals surface area contributed by atoms with Gasteiger partial charge in [0, 0.05) is 12.2 Å². The van der Waals surface area contributed by atoms with Gasteiger partial charge in [-0.25, -0.2) is 4.39 Å². The molecule has 0 radical (unpaired) electrons. The van der Waals surface area contributed by atoms with Gasteiger partial charge >= 0.3 is 0 Å². The third-order valence-corrected chi connectivity index (χ3v) is 6.21. The average Bonchev–Trinajstić information content (AvgIpc) is 2.99. The number of para-hydroxylation sites is 1. The van der Waals surface area contributed by atoms with Crippen molar-refractivity contribution in [3.8, 4) is 0 Å². The monoisotopic (exact) mass is 415 g/mol. The lowest BCUT2D eigenvalue weighted by atomic mass is 9.76. The standard InChI is InChI=1S/C21H22FN3O3S/c22-13-8-6-12(7-9-13)11-24-18-17(15(20(23)28)10-16(26)19(18)27)25(21(24)29)14-4-2-1-3-5-14/h1-9,15-19,26-27H,10-11H2,(H2,23,28)/t15-,16-,17-,18-,19+/m1/s1. The van der Waals surface area contributed by atoms with Gasteiger partial charge in [0.2, 0.25) is 5.91 Å². The predicted octanol–water partition coefficient (Wildman–Crippen LogP) is 1.40. The molecule has 2 fully saturated rings. The van der Waals surface area contributed by atoms with Crippen LogP contribution in [0.25, 0.3) is 0 Å². The summed E-state index contributed by atoms with van der Waals surface area (Å²) >= 11 is 5.75. The summed E-state index contributed by atoms with van der Waals surface area (Å²) in [7, 11) is 0. The van der Waals surface area contributed by atoms with E-state index in [9.17, 15) is 19.4 Å². The van der Waals surface area contributed by atoms with Crippen LogP contribution in [0, 0.1) is 11.7 Å². The minimum atomic E-state index is -1.11. The molecule has 2 aromatic carbocycles. The normalized spacial score (nSPS) is 29.1. The number of benzene rings is 2. The number of fused-ring (bicyclic) bond motifs is 1. The topological polar surface area (TPSA) is 90.0 Å². The van der Waals surface area contributed by atoms with Crippen molar-refractivity contribution in [2.45, 2.75) is 37.3 Å². The molecular weight excluding hydrogens is 393 g/mol. The molecule has 1 aliphatic heterocycles. The summed E-state index contributed by atoms with van der Waals surface area (Å²) in [5.41, 5.74) is 7.25. The fourth-order valence-electron chi connectivity index (χ4n) is 4.42. The number of primary amides is 1. The molecule has 2 aliphatic rings. The van der Waals surface area contributed by atoms with Crippen molar-refractivity contribution >= 4 is 28.9 Å². The Hall–Kier alpha value is -2.55. The van der Waals surface area contributed by atoms with Crippen LogP contribution in [0.15, 0.2) is 54.6 Å². The van der Waals surface area contributed by atoms with Crippen LogP contribution in [0.5, 0.6) is 0 Å². The van der Waals surface area contributed by atoms with E-state index in [0.29, 0.717) is 11.7 Å². The summed E-state index contributed by atoms with van der Waals surface area (Å²) in [5, 5.41) is 21.7. The van der Waals surface area contributed by atoms with Gasteiger partial charge in [0.15, 0.2) is 5.11 Å². The Morgan fingerprint density at radius 2 is 1.76 bits per heavy atom. The van der Waals surface area contributed by atoms with Crippen molar-refractivity contribution in [3.63, 3.8) is 0 Å². The van der Waals surface area contributed by atoms with Crippen LogP contribution in [0.2, 0.25) is 0 Å². The van der Waals surface area contributed by atoms with Gasteiger partial charge in [0.05, 0.1) is 24.1 Å². The number of carbonyl (C=O) groups excluding carboxylic acids is 1. The Morgan fingerprint density at radius 3 is 2.38 bits per heavy atom. The fourth-order valence-corrected chi connectivity index (χ4v) is 4.83. The third kappa shape index (κ3) is 3.48. The molecule has 4 rings (SSSR count). The van der Waals surface area contributed by atoms with Gasteiger partial charge in [-0.1, -0.05) is 30.3 Å². The quantitative estimate of drug-likeness (QED) is 0.654. The zero-order valence-electron chi connectivity index (χ0n) is 15.6. The Labute approximate surface area is 173 Å². The number of aliphatic hydroxyl groups is 2. The Bertz CT molecular complexity index is 911. The number of carbonyl (C=O) groups is 1. The summed E-state index contributed by atoms with van der Waals surface area (Å²) in [6, 6.07) is 14.2. The molecular formula is C21H22FN3O3S. The van der Waals surface area contributed by atoms with E-state index in [4.69, 9.17) is 18.0 Å². The van der Waals surface area contributed by atoms with E-state index in [1.54, 1.807) is 17.0 Å². The summed E-state index contributed by atoms with van der Waals surface area (Å²) < 4.78 is 13.3. The molecule has 0 spiro atoms. The minimum Gasteiger partial charge on any atom is -0.390 e. The molecule has 2 aromatic rings. The second-order valence-electron chi connectivity index (χ2n) is 7.53. The molecule has 0 aromatic heterocycles. The molecule has 4 N–H and O–H groups in total. The molecule has 1 saturated heterocycles. The van der Waals surface area contributed by atoms with Crippen molar-refractivity contribution < 1.29 is 19.4 Å². The highest BCUT2D eigenvalue weighted by Crippen LogP contribution is 2.41. The van der Waals surface area contributed by atoms with Crippen molar-refractivity contribution in [1.29, 1.82) is 0 Å². The summed E-state index contributed by atoms with van der Waals surface area (Å²) in [5.74, 6) is -1.57. The van der Waals surface area contributed by atoms with Crippen LogP contribution in [-0.2, 0) is 11.3 Å². The first-order valence-electron chi connectivity index (χ1n) is 9.43. The van der Waals surface area contributed by atoms with E-state index in [1.807, 2.05) is 35.2 Å². The molecule has 5 atom stereocenters. The van der Waals surface area contributed by atoms with Crippen LogP contribution >= 0.6 is 12.2 Å². The molecule has 8 heteroatoms. The summed E-state index contributed by atoms with van der Waals surface area (Å²) in [4.78, 5) is 15.9. The Balaban J connectivity index is 1.78. The highest BCUT2D eigenvalue weighted by atomic mass is 32.1. The van der Waals surface area contributed by atoms with Crippen molar-refractivity contribution in [3.05, 3.63) is 66.0 Å². The van der Waals surface area contributed by atoms with Gasteiger partial charge in [-0.2, -0.15) is 0 Å². The maximum atomic E-state index is 13.3. The number of halogens is 1. The van der Waals surface area contributed by atoms with Crippen molar-refractivity contribution in [2.24, 2.45) is 11.7 Å². The largest absolute Gasteiger partial charge is 0.390 e. The van der Waals surface area contributed by atoms with E-state index in [-0.39, 0.29) is 12.2 Å². The first-order chi connectivity index (χ1) is 13.9. The number of aliphatic hydroxyl groups excluding tert-OH is 2. The highest BCUT2D eigenvalue weighted by molar-refractivity contribution is 7.80. The third-order valence-electron chi connectivity index (χ3n) is 5.78. The molecule has 1 saturated carbocycles. The lowest BCUT2D eigenvalue weighted by Crippen LogP contribution is -2.60. The lowest BCUT2D eigenvalue weighted by molar-refractivity contribution is -0.129. The van der Waals surface area contributed by atoms with Gasteiger partial charge in [0.1, 0.15) is 11.9 Å². The Morgan fingerprint density at radius 1 is 1.10 bits per heavy atom. The van der Waals surface area contributed by atoms with Gasteiger partial charge in [-0.05, 0) is 48.5 Å². The van der Waals surface area contributed by atoms with Crippen LogP contribution in [-0.4, -0.2) is 50.4 Å². The summed E-state index contributed by atoms with van der Waals surface area (Å²) in [6.07, 6.45) is -2.14. The number of hydrogen-bond acceptors (Lipinski definition) is 4. The molecule has 29 heavy (non-hydrogen) atoms. The van der Waals surface area contributed by atoms with Crippen LogP contribution in [0.3, 0.4) is 0 Å². The van der Waals surface area contributed by atoms with E-state index >= 15 is 0 Å². The first kappa shape index (κ1) is 19.8. The number of amides is 1. The molecule has 0 bridgehead atoms. The lowest BCUT2D eigenvalue weighted by Gasteiger charge is -2.42. The van der Waals surface area contributed by atoms with Gasteiger partial charge in [-0.3, -0.25) is 4.79 Å². The van der Waals surface area contributed by atoms with E-state index in [1.165, 1.54) is 12.1 Å². The second-order valence-corrected chi connectivity index (χ2v) is 7.89. The van der Waals surface area contributed by atoms with Crippen LogP contribution in [0.1, 0.15) is 12.0 Å². The van der Waals surface area contributed by atoms with Crippen LogP contribution < -0.4 is 10.6 Å². The average molecular weight is 415 g/mol. The van der Waals surface area contributed by atoms with Crippen molar-refractivity contribution in [1.82, 2.24) is 4.90 Å². The molecule has 1 aliphatic carbocycles. The SMILES string of the molecule is NC(=O)[C@@H]1C[C@@H](O)[C@H](O)[C@H]2[C@@H]1N(c1ccccc1)C(=S)N2Cc1ccc(F)cc1. The van der Waals surface area contributed by atoms with Gasteiger partial charge in [0.25, 0.3) is 0 Å². The van der Waals surface area contributed by atoms with E-state index in [2.05, 4.69) is 0 Å². The fraction of sp³-hybridized carbons (Fsp3) is 0.333. The Kier molecular flexibility index (Phi) is 5.24. The molecule has 1 amide bonds.